The van der Waals surface area contributed by atoms with E-state index in [1.165, 1.54) is 0 Å². The van der Waals surface area contributed by atoms with Crippen LogP contribution in [-0.4, -0.2) is 34.8 Å². The van der Waals surface area contributed by atoms with Crippen molar-refractivity contribution in [3.05, 3.63) is 48.0 Å². The average molecular weight is 357 g/mol. The Morgan fingerprint density at radius 1 is 1.20 bits per heavy atom. The van der Waals surface area contributed by atoms with E-state index in [9.17, 15) is 0 Å². The third-order valence-electron chi connectivity index (χ3n) is 4.05. The molecule has 0 unspecified atom stereocenters. The molecule has 128 valence electrons. The third-order valence-corrected chi connectivity index (χ3v) is 4.28. The van der Waals surface area contributed by atoms with Crippen molar-refractivity contribution in [3.63, 3.8) is 0 Å². The summed E-state index contributed by atoms with van der Waals surface area (Å²) >= 11 is 5.81. The van der Waals surface area contributed by atoms with Crippen molar-refractivity contribution in [1.29, 1.82) is 0 Å². The van der Waals surface area contributed by atoms with Gasteiger partial charge in [-0.1, -0.05) is 18.5 Å². The van der Waals surface area contributed by atoms with Gasteiger partial charge in [0.2, 0.25) is 0 Å². The lowest BCUT2D eigenvalue weighted by atomic mass is 9.90. The Hall–Kier alpha value is -2.44. The highest BCUT2D eigenvalue weighted by Gasteiger charge is 2.34. The zero-order valence-corrected chi connectivity index (χ0v) is 14.5. The second kappa shape index (κ2) is 6.46. The predicted octanol–water partition coefficient (Wildman–Crippen LogP) is 3.84. The van der Waals surface area contributed by atoms with Gasteiger partial charge in [-0.25, -0.2) is 15.0 Å². The smallest absolute Gasteiger partial charge is 0.156 e. The highest BCUT2D eigenvalue weighted by atomic mass is 35.5. The lowest BCUT2D eigenvalue weighted by Crippen LogP contribution is -2.44. The van der Waals surface area contributed by atoms with Crippen molar-refractivity contribution in [1.82, 2.24) is 15.0 Å². The monoisotopic (exact) mass is 356 g/mol. The number of nitrogens with one attached hydrogen (secondary N) is 1. The number of pyridine rings is 3. The van der Waals surface area contributed by atoms with Gasteiger partial charge in [-0.05, 0) is 24.3 Å². The Morgan fingerprint density at radius 3 is 2.80 bits per heavy atom. The van der Waals surface area contributed by atoms with Crippen molar-refractivity contribution in [2.75, 3.05) is 25.1 Å². The van der Waals surface area contributed by atoms with Crippen LogP contribution < -0.4 is 10.1 Å². The Labute approximate surface area is 150 Å². The van der Waals surface area contributed by atoms with Crippen LogP contribution in [0.5, 0.6) is 5.75 Å². The van der Waals surface area contributed by atoms with Crippen molar-refractivity contribution >= 4 is 34.0 Å². The maximum Gasteiger partial charge on any atom is 0.156 e. The van der Waals surface area contributed by atoms with Gasteiger partial charge in [0.1, 0.15) is 16.4 Å². The Kier molecular flexibility index (Phi) is 4.15. The number of anilines is 2. The van der Waals surface area contributed by atoms with Gasteiger partial charge >= 0.3 is 0 Å². The summed E-state index contributed by atoms with van der Waals surface area (Å²) in [5.41, 5.74) is 1.66. The van der Waals surface area contributed by atoms with Crippen LogP contribution in [0.3, 0.4) is 0 Å². The summed E-state index contributed by atoms with van der Waals surface area (Å²) in [5, 5.41) is 4.61. The molecule has 1 aliphatic heterocycles. The Morgan fingerprint density at radius 2 is 2.08 bits per heavy atom. The van der Waals surface area contributed by atoms with E-state index in [-0.39, 0.29) is 5.41 Å². The second-order valence-electron chi connectivity index (χ2n) is 6.49. The molecule has 6 nitrogen and oxygen atoms in total. The molecule has 25 heavy (non-hydrogen) atoms. The quantitative estimate of drug-likeness (QED) is 0.700. The number of rotatable bonds is 5. The van der Waals surface area contributed by atoms with Gasteiger partial charge in [0.05, 0.1) is 37.9 Å². The van der Waals surface area contributed by atoms with E-state index < -0.39 is 0 Å². The van der Waals surface area contributed by atoms with Gasteiger partial charge < -0.3 is 14.8 Å². The van der Waals surface area contributed by atoms with E-state index in [4.69, 9.17) is 21.1 Å². The standard InChI is InChI=1S/C18H17ClN4O2/c1-18(9-24-10-18)11-25-14-6-12-4-5-20-17(16(12)22-8-14)23-13-2-3-15(19)21-7-13/h2-8H,9-11H2,1H3,(H,20,23). The zero-order chi connectivity index (χ0) is 17.3. The number of aromatic nitrogens is 3. The largest absolute Gasteiger partial charge is 0.491 e. The summed E-state index contributed by atoms with van der Waals surface area (Å²) in [6.45, 7) is 4.24. The number of hydrogen-bond donors (Lipinski definition) is 1. The van der Waals surface area contributed by atoms with Crippen LogP contribution in [0.1, 0.15) is 6.92 Å². The molecule has 0 aliphatic carbocycles. The highest BCUT2D eigenvalue weighted by Crippen LogP contribution is 2.29. The van der Waals surface area contributed by atoms with Gasteiger partial charge in [-0.15, -0.1) is 0 Å². The molecule has 7 heteroatoms. The molecule has 3 aromatic rings. The van der Waals surface area contributed by atoms with E-state index in [0.717, 1.165) is 35.6 Å². The molecule has 0 aromatic carbocycles. The molecule has 1 aliphatic rings. The first kappa shape index (κ1) is 16.1. The maximum atomic E-state index is 5.88. The third kappa shape index (κ3) is 3.50. The van der Waals surface area contributed by atoms with Crippen LogP contribution in [0.15, 0.2) is 42.9 Å². The number of fused-ring (bicyclic) bond motifs is 1. The molecule has 0 atom stereocenters. The summed E-state index contributed by atoms with van der Waals surface area (Å²) in [6, 6.07) is 7.45. The SMILES string of the molecule is CC1(COc2cnc3c(Nc4ccc(Cl)nc4)nccc3c2)COC1. The lowest BCUT2D eigenvalue weighted by Gasteiger charge is -2.37. The molecular weight excluding hydrogens is 340 g/mol. The van der Waals surface area contributed by atoms with Gasteiger partial charge in [0.25, 0.3) is 0 Å². The Bertz CT molecular complexity index is 897. The molecule has 1 fully saturated rings. The molecule has 1 saturated heterocycles. The average Bonchev–Trinajstić information content (AvgIpc) is 2.60. The van der Waals surface area contributed by atoms with E-state index in [1.807, 2.05) is 18.2 Å². The molecule has 0 amide bonds. The lowest BCUT2D eigenvalue weighted by molar-refractivity contribution is -0.120. The van der Waals surface area contributed by atoms with Crippen molar-refractivity contribution in [2.45, 2.75) is 6.92 Å². The van der Waals surface area contributed by atoms with E-state index in [2.05, 4.69) is 27.2 Å². The number of hydrogen-bond acceptors (Lipinski definition) is 6. The number of nitrogens with zero attached hydrogens (tertiary/aromatic N) is 3. The van der Waals surface area contributed by atoms with Crippen LogP contribution in [0, 0.1) is 5.41 Å². The first-order chi connectivity index (χ1) is 12.1. The molecule has 4 rings (SSSR count). The normalized spacial score (nSPS) is 15.6. The Balaban J connectivity index is 1.55. The summed E-state index contributed by atoms with van der Waals surface area (Å²) in [7, 11) is 0. The van der Waals surface area contributed by atoms with Crippen molar-refractivity contribution in [3.8, 4) is 5.75 Å². The minimum atomic E-state index is 0.0987. The topological polar surface area (TPSA) is 69.2 Å². The fraction of sp³-hybridized carbons (Fsp3) is 0.278. The zero-order valence-electron chi connectivity index (χ0n) is 13.7. The van der Waals surface area contributed by atoms with Gasteiger partial charge in [-0.2, -0.15) is 0 Å². The van der Waals surface area contributed by atoms with Gasteiger partial charge in [-0.3, -0.25) is 0 Å². The maximum absolute atomic E-state index is 5.88. The summed E-state index contributed by atoms with van der Waals surface area (Å²) in [4.78, 5) is 12.9. The summed E-state index contributed by atoms with van der Waals surface area (Å²) in [5.74, 6) is 1.40. The molecule has 0 spiro atoms. The van der Waals surface area contributed by atoms with Crippen LogP contribution in [0.2, 0.25) is 5.15 Å². The molecule has 0 radical (unpaired) electrons. The van der Waals surface area contributed by atoms with Crippen molar-refractivity contribution < 1.29 is 9.47 Å². The van der Waals surface area contributed by atoms with Crippen LogP contribution in [-0.2, 0) is 4.74 Å². The molecule has 1 N–H and O–H groups in total. The minimum Gasteiger partial charge on any atom is -0.491 e. The van der Waals surface area contributed by atoms with Crippen LogP contribution >= 0.6 is 11.6 Å². The van der Waals surface area contributed by atoms with Gasteiger partial charge in [0, 0.05) is 17.0 Å². The fourth-order valence-electron chi connectivity index (χ4n) is 2.59. The van der Waals surface area contributed by atoms with Crippen LogP contribution in [0.4, 0.5) is 11.5 Å². The van der Waals surface area contributed by atoms with E-state index in [1.54, 1.807) is 24.7 Å². The molecule has 0 saturated carbocycles. The highest BCUT2D eigenvalue weighted by molar-refractivity contribution is 6.29. The van der Waals surface area contributed by atoms with E-state index >= 15 is 0 Å². The predicted molar refractivity (Wildman–Crippen MR) is 96.5 cm³/mol. The van der Waals surface area contributed by atoms with E-state index in [0.29, 0.717) is 17.6 Å². The van der Waals surface area contributed by atoms with Gasteiger partial charge in [0.15, 0.2) is 5.82 Å². The number of halogens is 1. The van der Waals surface area contributed by atoms with Crippen molar-refractivity contribution in [2.24, 2.45) is 5.41 Å². The van der Waals surface area contributed by atoms with Crippen LogP contribution in [0.25, 0.3) is 10.9 Å². The fourth-order valence-corrected chi connectivity index (χ4v) is 2.70. The first-order valence-electron chi connectivity index (χ1n) is 7.95. The summed E-state index contributed by atoms with van der Waals surface area (Å²) in [6.07, 6.45) is 5.11. The molecule has 4 heterocycles. The molecular formula is C18H17ClN4O2. The number of ether oxygens (including phenoxy) is 2. The second-order valence-corrected chi connectivity index (χ2v) is 6.88. The molecule has 0 bridgehead atoms. The minimum absolute atomic E-state index is 0.0987. The summed E-state index contributed by atoms with van der Waals surface area (Å²) < 4.78 is 11.1. The first-order valence-corrected chi connectivity index (χ1v) is 8.33. The molecule has 3 aromatic heterocycles.